The van der Waals surface area contributed by atoms with Crippen LogP contribution < -0.4 is 5.32 Å². The maximum Gasteiger partial charge on any atom is 0.225 e. The quantitative estimate of drug-likeness (QED) is 0.545. The summed E-state index contributed by atoms with van der Waals surface area (Å²) < 4.78 is 0. The molecule has 1 heterocycles. The normalized spacial score (nSPS) is 15.8. The maximum absolute atomic E-state index is 12.7. The Balaban J connectivity index is 1.49. The Morgan fingerprint density at radius 2 is 1.55 bits per heavy atom. The summed E-state index contributed by atoms with van der Waals surface area (Å²) in [6.07, 6.45) is 0.228. The van der Waals surface area contributed by atoms with E-state index >= 15 is 0 Å². The average molecular weight is 425 g/mol. The van der Waals surface area contributed by atoms with Gasteiger partial charge in [0.15, 0.2) is 5.78 Å². The fraction of sp³-hybridized carbons (Fsp3) is 0.115. The van der Waals surface area contributed by atoms with Crippen LogP contribution in [0.1, 0.15) is 28.3 Å². The lowest BCUT2D eigenvalue weighted by Gasteiger charge is -2.25. The van der Waals surface area contributed by atoms with Gasteiger partial charge in [-0.2, -0.15) is 5.26 Å². The Morgan fingerprint density at radius 1 is 0.935 bits per heavy atom. The lowest BCUT2D eigenvalue weighted by molar-refractivity contribution is -0.120. The van der Waals surface area contributed by atoms with Crippen molar-refractivity contribution in [3.8, 4) is 17.2 Å². The number of nitriles is 1. The lowest BCUT2D eigenvalue weighted by Crippen LogP contribution is -2.31. The molecule has 1 unspecified atom stereocenters. The molecule has 1 atom stereocenters. The van der Waals surface area contributed by atoms with Crippen LogP contribution in [0.5, 0.6) is 0 Å². The first-order chi connectivity index (χ1) is 15.2. The van der Waals surface area contributed by atoms with E-state index in [1.165, 1.54) is 11.8 Å². The van der Waals surface area contributed by atoms with Crippen LogP contribution in [-0.2, 0) is 4.79 Å². The number of allylic oxidation sites excluding steroid dienone is 1. The van der Waals surface area contributed by atoms with E-state index in [1.54, 1.807) is 0 Å². The summed E-state index contributed by atoms with van der Waals surface area (Å²) >= 11 is 1.21. The number of nitrogens with zero attached hydrogens (tertiary/aromatic N) is 1. The van der Waals surface area contributed by atoms with Gasteiger partial charge in [-0.15, -0.1) is 0 Å². The summed E-state index contributed by atoms with van der Waals surface area (Å²) in [6, 6.07) is 29.2. The molecule has 0 aromatic heterocycles. The van der Waals surface area contributed by atoms with Crippen molar-refractivity contribution in [2.24, 2.45) is 0 Å². The van der Waals surface area contributed by atoms with Crippen molar-refractivity contribution in [3.63, 3.8) is 0 Å². The smallest absolute Gasteiger partial charge is 0.225 e. The Hall–Kier alpha value is -3.62. The van der Waals surface area contributed by atoms with Crippen molar-refractivity contribution in [3.05, 3.63) is 107 Å². The van der Waals surface area contributed by atoms with Crippen molar-refractivity contribution in [2.45, 2.75) is 12.3 Å². The van der Waals surface area contributed by atoms with Crippen molar-refractivity contribution >= 4 is 23.5 Å². The first kappa shape index (κ1) is 20.6. The van der Waals surface area contributed by atoms with Gasteiger partial charge in [-0.3, -0.25) is 9.59 Å². The fourth-order valence-corrected chi connectivity index (χ4v) is 4.57. The van der Waals surface area contributed by atoms with E-state index < -0.39 is 0 Å². The molecule has 0 fully saturated rings. The number of amides is 1. The minimum absolute atomic E-state index is 0.0505. The van der Waals surface area contributed by atoms with Crippen molar-refractivity contribution in [1.29, 1.82) is 5.26 Å². The third-order valence-corrected chi connectivity index (χ3v) is 6.24. The molecular weight excluding hydrogens is 404 g/mol. The van der Waals surface area contributed by atoms with Crippen LogP contribution in [-0.4, -0.2) is 17.4 Å². The highest BCUT2D eigenvalue weighted by molar-refractivity contribution is 8.03. The van der Waals surface area contributed by atoms with E-state index in [0.717, 1.165) is 16.7 Å². The van der Waals surface area contributed by atoms with Crippen LogP contribution >= 0.6 is 11.8 Å². The SMILES string of the molecule is N#CC1=C(SCC(=O)c2ccc(-c3ccccc3)cc2)NC(=O)CC1c1ccccc1. The van der Waals surface area contributed by atoms with E-state index in [-0.39, 0.29) is 29.8 Å². The predicted molar refractivity (Wildman–Crippen MR) is 123 cm³/mol. The average Bonchev–Trinajstić information content (AvgIpc) is 2.83. The Labute approximate surface area is 185 Å². The van der Waals surface area contributed by atoms with Crippen molar-refractivity contribution in [2.75, 3.05) is 5.75 Å². The van der Waals surface area contributed by atoms with E-state index in [0.29, 0.717) is 16.2 Å². The van der Waals surface area contributed by atoms with E-state index in [9.17, 15) is 14.9 Å². The van der Waals surface area contributed by atoms with Crippen molar-refractivity contribution < 1.29 is 9.59 Å². The number of ketones is 1. The second kappa shape index (κ2) is 9.46. The summed E-state index contributed by atoms with van der Waals surface area (Å²) in [5.41, 5.74) is 4.17. The number of benzene rings is 3. The third kappa shape index (κ3) is 4.76. The minimum Gasteiger partial charge on any atom is -0.320 e. The van der Waals surface area contributed by atoms with Gasteiger partial charge in [0.05, 0.1) is 22.4 Å². The van der Waals surface area contributed by atoms with Gasteiger partial charge >= 0.3 is 0 Å². The van der Waals surface area contributed by atoms with Crippen LogP contribution in [0.25, 0.3) is 11.1 Å². The zero-order valence-electron chi connectivity index (χ0n) is 16.7. The molecule has 3 aromatic carbocycles. The second-order valence-electron chi connectivity index (χ2n) is 7.23. The largest absolute Gasteiger partial charge is 0.320 e. The summed E-state index contributed by atoms with van der Waals surface area (Å²) in [6.45, 7) is 0. The molecule has 5 heteroatoms. The van der Waals surface area contributed by atoms with Gasteiger partial charge in [0, 0.05) is 17.9 Å². The van der Waals surface area contributed by atoms with Crippen LogP contribution in [0.2, 0.25) is 0 Å². The molecule has 1 aliphatic heterocycles. The zero-order valence-corrected chi connectivity index (χ0v) is 17.6. The highest BCUT2D eigenvalue weighted by Gasteiger charge is 2.29. The molecule has 0 radical (unpaired) electrons. The van der Waals surface area contributed by atoms with Gasteiger partial charge in [0.1, 0.15) is 0 Å². The van der Waals surface area contributed by atoms with E-state index in [1.807, 2.05) is 84.9 Å². The molecule has 3 aromatic rings. The van der Waals surface area contributed by atoms with Gasteiger partial charge in [0.25, 0.3) is 0 Å². The third-order valence-electron chi connectivity index (χ3n) is 5.22. The van der Waals surface area contributed by atoms with Crippen LogP contribution in [0.3, 0.4) is 0 Å². The first-order valence-corrected chi connectivity index (χ1v) is 10.9. The highest BCUT2D eigenvalue weighted by Crippen LogP contribution is 2.36. The lowest BCUT2D eigenvalue weighted by atomic mass is 9.87. The number of nitrogens with one attached hydrogen (secondary N) is 1. The number of rotatable bonds is 6. The standard InChI is InChI=1S/C26H20N2O2S/c27-16-23-22(20-9-5-2-6-10-20)15-25(30)28-26(23)31-17-24(29)21-13-11-19(12-14-21)18-7-3-1-4-8-18/h1-14,22H,15,17H2,(H,28,30). The highest BCUT2D eigenvalue weighted by atomic mass is 32.2. The summed E-state index contributed by atoms with van der Waals surface area (Å²) in [5.74, 6) is -0.337. The molecule has 0 bridgehead atoms. The van der Waals surface area contributed by atoms with Gasteiger partial charge in [-0.05, 0) is 16.7 Å². The van der Waals surface area contributed by atoms with E-state index in [4.69, 9.17) is 0 Å². The molecule has 0 spiro atoms. The molecule has 0 saturated heterocycles. The van der Waals surface area contributed by atoms with Crippen LogP contribution in [0.4, 0.5) is 0 Å². The van der Waals surface area contributed by atoms with E-state index in [2.05, 4.69) is 11.4 Å². The molecular formula is C26H20N2O2S. The molecule has 0 aliphatic carbocycles. The Morgan fingerprint density at radius 3 is 2.19 bits per heavy atom. The maximum atomic E-state index is 12.7. The molecule has 4 nitrogen and oxygen atoms in total. The number of hydrogen-bond acceptors (Lipinski definition) is 4. The van der Waals surface area contributed by atoms with Gasteiger partial charge in [0.2, 0.25) is 5.91 Å². The molecule has 1 amide bonds. The zero-order chi connectivity index (χ0) is 21.6. The molecule has 1 N–H and O–H groups in total. The Bertz CT molecular complexity index is 1160. The number of carbonyl (C=O) groups is 2. The fourth-order valence-electron chi connectivity index (χ4n) is 3.60. The molecule has 4 rings (SSSR count). The van der Waals surface area contributed by atoms with Gasteiger partial charge in [-0.25, -0.2) is 0 Å². The molecule has 31 heavy (non-hydrogen) atoms. The topological polar surface area (TPSA) is 70.0 Å². The minimum atomic E-state index is -0.289. The number of hydrogen-bond donors (Lipinski definition) is 1. The van der Waals surface area contributed by atoms with Crippen molar-refractivity contribution in [1.82, 2.24) is 5.32 Å². The molecule has 1 aliphatic rings. The summed E-state index contributed by atoms with van der Waals surface area (Å²) in [5, 5.41) is 13.0. The van der Waals surface area contributed by atoms with Gasteiger partial charge in [-0.1, -0.05) is 96.7 Å². The first-order valence-electron chi connectivity index (χ1n) is 9.96. The second-order valence-corrected chi connectivity index (χ2v) is 8.21. The summed E-state index contributed by atoms with van der Waals surface area (Å²) in [7, 11) is 0. The Kier molecular flexibility index (Phi) is 6.30. The monoisotopic (exact) mass is 424 g/mol. The number of carbonyl (C=O) groups excluding carboxylic acids is 2. The molecule has 152 valence electrons. The van der Waals surface area contributed by atoms with Gasteiger partial charge < -0.3 is 5.32 Å². The molecule has 0 saturated carbocycles. The van der Waals surface area contributed by atoms with Crippen LogP contribution in [0, 0.1) is 11.3 Å². The number of thioether (sulfide) groups is 1. The number of Topliss-reactive ketones (excluding diaryl/α,β-unsaturated/α-hetero) is 1. The van der Waals surface area contributed by atoms with Crippen LogP contribution in [0.15, 0.2) is 95.5 Å². The predicted octanol–water partition coefficient (Wildman–Crippen LogP) is 5.31. The summed E-state index contributed by atoms with van der Waals surface area (Å²) in [4.78, 5) is 25.0.